The van der Waals surface area contributed by atoms with Gasteiger partial charge in [-0.3, -0.25) is 9.59 Å². The normalized spacial score (nSPS) is 13.5. The number of rotatable bonds is 8. The molecule has 0 aliphatic rings. The van der Waals surface area contributed by atoms with Crippen molar-refractivity contribution in [3.8, 4) is 5.75 Å². The Hall–Kier alpha value is -2.54. The van der Waals surface area contributed by atoms with E-state index < -0.39 is 11.5 Å². The molecule has 0 spiro atoms. The Morgan fingerprint density at radius 1 is 1.33 bits per heavy atom. The van der Waals surface area contributed by atoms with E-state index in [0.29, 0.717) is 11.3 Å². The molecule has 1 amide bonds. The lowest BCUT2D eigenvalue weighted by Crippen LogP contribution is -2.51. The van der Waals surface area contributed by atoms with Crippen LogP contribution in [0, 0.1) is 0 Å². The van der Waals surface area contributed by atoms with E-state index in [4.69, 9.17) is 19.0 Å². The standard InChI is InChI=1S/C17H21NO6/c1-17(10-22-2,8-16(20)21)18-15(19)6-11-9-24-14-7-12(23-3)4-5-13(11)14/h4-5,7,9H,6,8,10H2,1-3H3,(H,18,19)(H,20,21). The minimum atomic E-state index is -1.00. The van der Waals surface area contributed by atoms with Crippen LogP contribution >= 0.6 is 0 Å². The number of hydrogen-bond donors (Lipinski definition) is 2. The number of carboxylic acids is 1. The smallest absolute Gasteiger partial charge is 0.305 e. The maximum Gasteiger partial charge on any atom is 0.305 e. The van der Waals surface area contributed by atoms with E-state index in [9.17, 15) is 9.59 Å². The van der Waals surface area contributed by atoms with Crippen LogP contribution in [0.2, 0.25) is 0 Å². The topological polar surface area (TPSA) is 98.0 Å². The Labute approximate surface area is 139 Å². The summed E-state index contributed by atoms with van der Waals surface area (Å²) in [6.45, 7) is 1.75. The van der Waals surface area contributed by atoms with E-state index in [1.807, 2.05) is 6.07 Å². The van der Waals surface area contributed by atoms with Crippen molar-refractivity contribution in [2.24, 2.45) is 0 Å². The van der Waals surface area contributed by atoms with E-state index in [2.05, 4.69) is 5.32 Å². The average molecular weight is 335 g/mol. The first-order valence-corrected chi connectivity index (χ1v) is 7.43. The number of aliphatic carboxylic acids is 1. The van der Waals surface area contributed by atoms with Crippen LogP contribution in [-0.4, -0.2) is 43.3 Å². The van der Waals surface area contributed by atoms with Gasteiger partial charge >= 0.3 is 5.97 Å². The van der Waals surface area contributed by atoms with Gasteiger partial charge in [-0.1, -0.05) is 0 Å². The van der Waals surface area contributed by atoms with Gasteiger partial charge in [0.2, 0.25) is 5.91 Å². The Kier molecular flexibility index (Phi) is 5.46. The fourth-order valence-corrected chi connectivity index (χ4v) is 2.66. The Morgan fingerprint density at radius 2 is 2.08 bits per heavy atom. The largest absolute Gasteiger partial charge is 0.497 e. The molecule has 2 rings (SSSR count). The van der Waals surface area contributed by atoms with E-state index in [1.165, 1.54) is 13.4 Å². The van der Waals surface area contributed by atoms with Crippen molar-refractivity contribution in [2.45, 2.75) is 25.3 Å². The lowest BCUT2D eigenvalue weighted by molar-refractivity contribution is -0.139. The molecule has 0 aliphatic carbocycles. The predicted molar refractivity (Wildman–Crippen MR) is 87.1 cm³/mol. The number of fused-ring (bicyclic) bond motifs is 1. The number of furan rings is 1. The number of carbonyl (C=O) groups excluding carboxylic acids is 1. The highest BCUT2D eigenvalue weighted by molar-refractivity contribution is 5.88. The quantitative estimate of drug-likeness (QED) is 0.765. The molecular formula is C17H21NO6. The van der Waals surface area contributed by atoms with Crippen LogP contribution in [0.3, 0.4) is 0 Å². The molecular weight excluding hydrogens is 314 g/mol. The number of hydrogen-bond acceptors (Lipinski definition) is 5. The van der Waals surface area contributed by atoms with Crippen molar-refractivity contribution >= 4 is 22.8 Å². The molecule has 2 aromatic rings. The summed E-state index contributed by atoms with van der Waals surface area (Å²) >= 11 is 0. The SMILES string of the molecule is COCC(C)(CC(=O)O)NC(=O)Cc1coc2cc(OC)ccc12. The summed E-state index contributed by atoms with van der Waals surface area (Å²) in [5.41, 5.74) is 0.378. The van der Waals surface area contributed by atoms with Crippen molar-refractivity contribution in [2.75, 3.05) is 20.8 Å². The summed E-state index contributed by atoms with van der Waals surface area (Å²) in [5, 5.41) is 12.6. The van der Waals surface area contributed by atoms with Gasteiger partial charge in [0.1, 0.15) is 11.3 Å². The summed E-state index contributed by atoms with van der Waals surface area (Å²) in [6.07, 6.45) is 1.38. The van der Waals surface area contributed by atoms with Crippen LogP contribution in [0.25, 0.3) is 11.0 Å². The maximum absolute atomic E-state index is 12.3. The van der Waals surface area contributed by atoms with Crippen molar-refractivity contribution < 1.29 is 28.6 Å². The fourth-order valence-electron chi connectivity index (χ4n) is 2.66. The molecule has 1 aromatic carbocycles. The number of benzene rings is 1. The van der Waals surface area contributed by atoms with E-state index in [0.717, 1.165) is 10.9 Å². The van der Waals surface area contributed by atoms with Crippen molar-refractivity contribution in [3.05, 3.63) is 30.0 Å². The average Bonchev–Trinajstić information content (AvgIpc) is 2.88. The molecule has 0 bridgehead atoms. The van der Waals surface area contributed by atoms with Crippen LogP contribution in [0.15, 0.2) is 28.9 Å². The zero-order valence-corrected chi connectivity index (χ0v) is 13.9. The third-order valence-electron chi connectivity index (χ3n) is 3.66. The summed E-state index contributed by atoms with van der Waals surface area (Å²) < 4.78 is 15.6. The summed E-state index contributed by atoms with van der Waals surface area (Å²) in [5.74, 6) is -0.632. The van der Waals surface area contributed by atoms with Gasteiger partial charge in [-0.05, 0) is 19.1 Å². The van der Waals surface area contributed by atoms with Gasteiger partial charge in [0.15, 0.2) is 0 Å². The molecule has 0 aliphatic heterocycles. The second-order valence-corrected chi connectivity index (χ2v) is 5.91. The second-order valence-electron chi connectivity index (χ2n) is 5.91. The predicted octanol–water partition coefficient (Wildman–Crippen LogP) is 1.98. The zero-order valence-electron chi connectivity index (χ0n) is 13.9. The zero-order chi connectivity index (χ0) is 17.7. The van der Waals surface area contributed by atoms with Crippen LogP contribution in [-0.2, 0) is 20.7 Å². The van der Waals surface area contributed by atoms with Crippen molar-refractivity contribution in [3.63, 3.8) is 0 Å². The van der Waals surface area contributed by atoms with Crippen LogP contribution in [0.1, 0.15) is 18.9 Å². The highest BCUT2D eigenvalue weighted by Gasteiger charge is 2.29. The van der Waals surface area contributed by atoms with Gasteiger partial charge in [0.25, 0.3) is 0 Å². The minimum Gasteiger partial charge on any atom is -0.497 e. The number of ether oxygens (including phenoxy) is 2. The molecule has 7 nitrogen and oxygen atoms in total. The minimum absolute atomic E-state index is 0.0816. The molecule has 1 unspecified atom stereocenters. The van der Waals surface area contributed by atoms with E-state index >= 15 is 0 Å². The molecule has 0 radical (unpaired) electrons. The number of carbonyl (C=O) groups is 2. The van der Waals surface area contributed by atoms with E-state index in [1.54, 1.807) is 26.2 Å². The molecule has 0 fully saturated rings. The van der Waals surface area contributed by atoms with Gasteiger partial charge in [-0.15, -0.1) is 0 Å². The monoisotopic (exact) mass is 335 g/mol. The first-order chi connectivity index (χ1) is 11.4. The molecule has 0 saturated carbocycles. The van der Waals surface area contributed by atoms with Gasteiger partial charge in [-0.25, -0.2) is 0 Å². The third kappa shape index (κ3) is 4.26. The molecule has 1 atom stereocenters. The van der Waals surface area contributed by atoms with Crippen LogP contribution < -0.4 is 10.1 Å². The lowest BCUT2D eigenvalue weighted by atomic mass is 9.98. The number of methoxy groups -OCH3 is 2. The molecule has 7 heteroatoms. The lowest BCUT2D eigenvalue weighted by Gasteiger charge is -2.28. The number of carboxylic acid groups (broad SMARTS) is 1. The van der Waals surface area contributed by atoms with Crippen molar-refractivity contribution in [1.29, 1.82) is 0 Å². The van der Waals surface area contributed by atoms with Crippen molar-refractivity contribution in [1.82, 2.24) is 5.32 Å². The molecule has 0 saturated heterocycles. The summed E-state index contributed by atoms with van der Waals surface area (Å²) in [7, 11) is 3.03. The first-order valence-electron chi connectivity index (χ1n) is 7.43. The third-order valence-corrected chi connectivity index (χ3v) is 3.66. The Morgan fingerprint density at radius 3 is 2.71 bits per heavy atom. The second kappa shape index (κ2) is 7.35. The summed E-state index contributed by atoms with van der Waals surface area (Å²) in [6, 6.07) is 5.36. The van der Waals surface area contributed by atoms with Gasteiger partial charge in [-0.2, -0.15) is 0 Å². The van der Waals surface area contributed by atoms with Crippen LogP contribution in [0.5, 0.6) is 5.75 Å². The maximum atomic E-state index is 12.3. The Balaban J connectivity index is 2.12. The first kappa shape index (κ1) is 17.8. The number of amides is 1. The Bertz CT molecular complexity index is 738. The molecule has 1 heterocycles. The molecule has 1 aromatic heterocycles. The summed E-state index contributed by atoms with van der Waals surface area (Å²) in [4.78, 5) is 23.3. The highest BCUT2D eigenvalue weighted by Crippen LogP contribution is 2.26. The highest BCUT2D eigenvalue weighted by atomic mass is 16.5. The van der Waals surface area contributed by atoms with Gasteiger partial charge < -0.3 is 24.3 Å². The molecule has 2 N–H and O–H groups in total. The van der Waals surface area contributed by atoms with Gasteiger partial charge in [0, 0.05) is 24.1 Å². The van der Waals surface area contributed by atoms with E-state index in [-0.39, 0.29) is 25.4 Å². The van der Waals surface area contributed by atoms with Crippen LogP contribution in [0.4, 0.5) is 0 Å². The van der Waals surface area contributed by atoms with Gasteiger partial charge in [0.05, 0.1) is 38.4 Å². The fraction of sp³-hybridized carbons (Fsp3) is 0.412. The molecule has 24 heavy (non-hydrogen) atoms. The number of nitrogens with one attached hydrogen (secondary N) is 1. The molecule has 130 valence electrons.